The lowest BCUT2D eigenvalue weighted by Gasteiger charge is -2.06. The molecule has 2 amide bonds. The van der Waals surface area contributed by atoms with Crippen molar-refractivity contribution < 1.29 is 9.59 Å². The largest absolute Gasteiger partial charge is 0.352 e. The van der Waals surface area contributed by atoms with Crippen LogP contribution in [-0.2, 0) is 9.59 Å². The Morgan fingerprint density at radius 1 is 1.22 bits per heavy atom. The molecule has 1 fully saturated rings. The van der Waals surface area contributed by atoms with Crippen molar-refractivity contribution in [3.63, 3.8) is 0 Å². The Morgan fingerprint density at radius 3 is 2.44 bits per heavy atom. The summed E-state index contributed by atoms with van der Waals surface area (Å²) in [7, 11) is 0. The minimum Gasteiger partial charge on any atom is -0.352 e. The van der Waals surface area contributed by atoms with Crippen LogP contribution in [0, 0.1) is 17.2 Å². The predicted molar refractivity (Wildman–Crippen MR) is 130 cm³/mol. The summed E-state index contributed by atoms with van der Waals surface area (Å²) in [6.45, 7) is 5.70. The summed E-state index contributed by atoms with van der Waals surface area (Å²) in [5, 5.41) is 14.8. The smallest absolute Gasteiger partial charge is 0.248 e. The summed E-state index contributed by atoms with van der Waals surface area (Å²) >= 11 is 30.9. The maximum atomic E-state index is 12.7. The van der Waals surface area contributed by atoms with Crippen LogP contribution in [0.5, 0.6) is 0 Å². The fourth-order valence-electron chi connectivity index (χ4n) is 3.01. The van der Waals surface area contributed by atoms with E-state index in [4.69, 9.17) is 63.3 Å². The van der Waals surface area contributed by atoms with Gasteiger partial charge in [-0.1, -0.05) is 41.4 Å². The summed E-state index contributed by atoms with van der Waals surface area (Å²) in [5.41, 5.74) is 1.20. The van der Waals surface area contributed by atoms with Crippen LogP contribution >= 0.6 is 58.0 Å². The Balaban J connectivity index is 1.97. The molecule has 170 valence electrons. The van der Waals surface area contributed by atoms with E-state index >= 15 is 0 Å². The number of halogens is 5. The maximum absolute atomic E-state index is 12.7. The zero-order valence-electron chi connectivity index (χ0n) is 17.0. The molecule has 0 bridgehead atoms. The molecule has 0 radical (unpaired) electrons. The molecule has 1 aromatic rings. The molecule has 2 unspecified atom stereocenters. The van der Waals surface area contributed by atoms with Gasteiger partial charge >= 0.3 is 0 Å². The number of hydrogen-bond acceptors (Lipinski definition) is 3. The SMILES string of the molecule is C=C(/C=C\C(Cl)=C(/C)C(=O)NCCCC#N)NC(=O)C1C(c2cc(Cl)cc(Cl)c2)C1(Cl)Cl. The Hall–Kier alpha value is -1.68. The quantitative estimate of drug-likeness (QED) is 0.176. The third-order valence-corrected chi connectivity index (χ3v) is 6.53. The number of alkyl halides is 2. The predicted octanol–water partition coefficient (Wildman–Crippen LogP) is 6.00. The topological polar surface area (TPSA) is 82.0 Å². The van der Waals surface area contributed by atoms with Gasteiger partial charge in [0.2, 0.25) is 11.8 Å². The molecule has 1 aliphatic carbocycles. The molecule has 1 aliphatic rings. The average molecular weight is 536 g/mol. The number of allylic oxidation sites excluding steroid dienone is 3. The minimum absolute atomic E-state index is 0.181. The summed E-state index contributed by atoms with van der Waals surface area (Å²) in [6, 6.07) is 6.91. The lowest BCUT2D eigenvalue weighted by molar-refractivity contribution is -0.121. The highest BCUT2D eigenvalue weighted by atomic mass is 35.5. The highest BCUT2D eigenvalue weighted by Crippen LogP contribution is 2.65. The van der Waals surface area contributed by atoms with E-state index in [0.717, 1.165) is 0 Å². The van der Waals surface area contributed by atoms with Gasteiger partial charge in [0.25, 0.3) is 0 Å². The molecule has 0 aromatic heterocycles. The number of amides is 2. The van der Waals surface area contributed by atoms with Crippen molar-refractivity contribution in [1.29, 1.82) is 5.26 Å². The highest BCUT2D eigenvalue weighted by molar-refractivity contribution is 6.53. The van der Waals surface area contributed by atoms with Gasteiger partial charge in [-0.3, -0.25) is 9.59 Å². The highest BCUT2D eigenvalue weighted by Gasteiger charge is 2.67. The van der Waals surface area contributed by atoms with E-state index in [1.165, 1.54) is 12.2 Å². The first kappa shape index (κ1) is 26.6. The zero-order valence-corrected chi connectivity index (χ0v) is 20.8. The second-order valence-electron chi connectivity index (χ2n) is 7.17. The number of rotatable bonds is 9. The normalized spacial score (nSPS) is 19.7. The second kappa shape index (κ2) is 11.4. The summed E-state index contributed by atoms with van der Waals surface area (Å²) < 4.78 is -1.31. The van der Waals surface area contributed by atoms with Gasteiger partial charge in [0.05, 0.1) is 12.0 Å². The fraction of sp³-hybridized carbons (Fsp3) is 0.318. The Labute approximate surface area is 212 Å². The molecule has 5 nitrogen and oxygen atoms in total. The number of benzene rings is 1. The minimum atomic E-state index is -1.31. The van der Waals surface area contributed by atoms with Crippen molar-refractivity contribution in [3.8, 4) is 6.07 Å². The van der Waals surface area contributed by atoms with Crippen molar-refractivity contribution >= 4 is 69.8 Å². The summed E-state index contributed by atoms with van der Waals surface area (Å²) in [5.74, 6) is -1.97. The Bertz CT molecular complexity index is 1010. The molecular weight excluding hydrogens is 516 g/mol. The van der Waals surface area contributed by atoms with Crippen molar-refractivity contribution in [2.75, 3.05) is 6.54 Å². The van der Waals surface area contributed by atoms with Crippen LogP contribution in [-0.4, -0.2) is 22.7 Å². The van der Waals surface area contributed by atoms with Crippen LogP contribution in [0.2, 0.25) is 10.0 Å². The maximum Gasteiger partial charge on any atom is 0.248 e. The number of carbonyl (C=O) groups excluding carboxylic acids is 2. The summed E-state index contributed by atoms with van der Waals surface area (Å²) in [4.78, 5) is 24.7. The Kier molecular flexibility index (Phi) is 9.51. The van der Waals surface area contributed by atoms with Gasteiger partial charge in [0.1, 0.15) is 4.33 Å². The number of carbonyl (C=O) groups is 2. The van der Waals surface area contributed by atoms with Crippen LogP contribution in [0.3, 0.4) is 0 Å². The van der Waals surface area contributed by atoms with E-state index in [9.17, 15) is 9.59 Å². The van der Waals surface area contributed by atoms with Gasteiger partial charge in [0.15, 0.2) is 0 Å². The van der Waals surface area contributed by atoms with E-state index in [1.54, 1.807) is 25.1 Å². The van der Waals surface area contributed by atoms with Crippen molar-refractivity contribution in [3.05, 3.63) is 68.8 Å². The second-order valence-corrected chi connectivity index (χ2v) is 9.90. The van der Waals surface area contributed by atoms with E-state index in [1.807, 2.05) is 6.07 Å². The molecule has 32 heavy (non-hydrogen) atoms. The van der Waals surface area contributed by atoms with Crippen LogP contribution in [0.4, 0.5) is 0 Å². The fourth-order valence-corrected chi connectivity index (χ4v) is 4.53. The van der Waals surface area contributed by atoms with Gasteiger partial charge in [0, 0.05) is 45.2 Å². The Morgan fingerprint density at radius 2 is 1.84 bits per heavy atom. The molecule has 0 heterocycles. The molecule has 10 heteroatoms. The van der Waals surface area contributed by atoms with Gasteiger partial charge < -0.3 is 10.6 Å². The molecule has 1 saturated carbocycles. The molecule has 0 aliphatic heterocycles. The van der Waals surface area contributed by atoms with E-state index < -0.39 is 22.1 Å². The first-order chi connectivity index (χ1) is 15.0. The van der Waals surface area contributed by atoms with Gasteiger partial charge in [-0.15, -0.1) is 23.2 Å². The first-order valence-electron chi connectivity index (χ1n) is 9.52. The van der Waals surface area contributed by atoms with Crippen LogP contribution in [0.1, 0.15) is 31.2 Å². The number of nitrogens with zero attached hydrogens (tertiary/aromatic N) is 1. The molecule has 1 aromatic carbocycles. The third kappa shape index (κ3) is 6.91. The van der Waals surface area contributed by atoms with E-state index in [-0.39, 0.29) is 16.6 Å². The van der Waals surface area contributed by atoms with E-state index in [0.29, 0.717) is 40.6 Å². The van der Waals surface area contributed by atoms with Crippen LogP contribution in [0.15, 0.2) is 53.2 Å². The van der Waals surface area contributed by atoms with Crippen molar-refractivity contribution in [1.82, 2.24) is 10.6 Å². The first-order valence-corrected chi connectivity index (χ1v) is 11.4. The summed E-state index contributed by atoms with van der Waals surface area (Å²) in [6.07, 6.45) is 3.82. The molecule has 0 saturated heterocycles. The zero-order chi connectivity index (χ0) is 24.1. The molecule has 2 rings (SSSR count). The number of hydrogen-bond donors (Lipinski definition) is 2. The van der Waals surface area contributed by atoms with Gasteiger partial charge in [-0.05, 0) is 49.3 Å². The number of nitrogens with one attached hydrogen (secondary N) is 2. The monoisotopic (exact) mass is 533 g/mol. The standard InChI is InChI=1S/C22H20Cl5N3O2/c1-12(5-6-17(25)13(2)20(31)29-8-4-3-7-28)30-21(32)19-18(22(19,26)27)14-9-15(23)11-16(24)10-14/h5-6,9-11,18-19H,1,3-4,8H2,2H3,(H,29,31)(H,30,32)/b6-5-,17-13-. The van der Waals surface area contributed by atoms with E-state index in [2.05, 4.69) is 17.2 Å². The third-order valence-electron chi connectivity index (χ3n) is 4.74. The lowest BCUT2D eigenvalue weighted by Crippen LogP contribution is -2.25. The molecular formula is C22H20Cl5N3O2. The molecule has 0 spiro atoms. The van der Waals surface area contributed by atoms with Gasteiger partial charge in [-0.25, -0.2) is 0 Å². The lowest BCUT2D eigenvalue weighted by atomic mass is 10.1. The van der Waals surface area contributed by atoms with Crippen LogP contribution < -0.4 is 10.6 Å². The van der Waals surface area contributed by atoms with Gasteiger partial charge in [-0.2, -0.15) is 5.26 Å². The number of nitriles is 1. The van der Waals surface area contributed by atoms with Crippen molar-refractivity contribution in [2.45, 2.75) is 30.0 Å². The number of unbranched alkanes of at least 4 members (excludes halogenated alkanes) is 1. The van der Waals surface area contributed by atoms with Crippen LogP contribution in [0.25, 0.3) is 0 Å². The molecule has 2 N–H and O–H groups in total. The average Bonchev–Trinajstić information content (AvgIpc) is 3.30. The molecule has 2 atom stereocenters. The van der Waals surface area contributed by atoms with Crippen molar-refractivity contribution in [2.24, 2.45) is 5.92 Å².